The summed E-state index contributed by atoms with van der Waals surface area (Å²) in [6.07, 6.45) is 0. The van der Waals surface area contributed by atoms with E-state index >= 15 is 0 Å². The molecule has 29 heavy (non-hydrogen) atoms. The van der Waals surface area contributed by atoms with Gasteiger partial charge in [-0.25, -0.2) is 0 Å². The number of aromatic amines is 1. The maximum atomic E-state index is 9.79. The van der Waals surface area contributed by atoms with Crippen LogP contribution in [-0.4, -0.2) is 23.9 Å². The number of allylic oxidation sites excluding steroid dienone is 1. The predicted octanol–water partition coefficient (Wildman–Crippen LogP) is 3.70. The fourth-order valence-corrected chi connectivity index (χ4v) is 3.50. The average Bonchev–Trinajstić information content (AvgIpc) is 3.16. The highest BCUT2D eigenvalue weighted by Crippen LogP contribution is 2.46. The SMILES string of the molecule is CCOc1cccc(-c2[nH]nc3c2C(c2ccc(OC)cc2)C(C#N)=C(N)O3)c1. The molecule has 1 aromatic heterocycles. The number of benzene rings is 2. The van der Waals surface area contributed by atoms with E-state index in [1.54, 1.807) is 7.11 Å². The number of nitrogens with two attached hydrogens (primary N) is 1. The van der Waals surface area contributed by atoms with Gasteiger partial charge < -0.3 is 19.9 Å². The lowest BCUT2D eigenvalue weighted by Gasteiger charge is -2.24. The van der Waals surface area contributed by atoms with E-state index in [4.69, 9.17) is 19.9 Å². The van der Waals surface area contributed by atoms with Gasteiger partial charge in [-0.1, -0.05) is 24.3 Å². The molecule has 2 aromatic carbocycles. The first kappa shape index (κ1) is 18.4. The molecule has 0 bridgehead atoms. The number of ether oxygens (including phenoxy) is 3. The first-order chi connectivity index (χ1) is 14.2. The van der Waals surface area contributed by atoms with Crippen LogP contribution in [0.4, 0.5) is 0 Å². The molecule has 0 aliphatic carbocycles. The van der Waals surface area contributed by atoms with Crippen LogP contribution in [0.2, 0.25) is 0 Å². The first-order valence-electron chi connectivity index (χ1n) is 9.19. The molecule has 1 atom stereocenters. The second-order valence-electron chi connectivity index (χ2n) is 6.48. The van der Waals surface area contributed by atoms with E-state index in [9.17, 15) is 5.26 Å². The van der Waals surface area contributed by atoms with Crippen LogP contribution in [0.15, 0.2) is 60.0 Å². The van der Waals surface area contributed by atoms with Crippen molar-refractivity contribution in [2.75, 3.05) is 13.7 Å². The van der Waals surface area contributed by atoms with E-state index in [-0.39, 0.29) is 5.88 Å². The highest BCUT2D eigenvalue weighted by atomic mass is 16.5. The number of fused-ring (bicyclic) bond motifs is 1. The van der Waals surface area contributed by atoms with Gasteiger partial charge in [0.1, 0.15) is 23.1 Å². The second-order valence-corrected chi connectivity index (χ2v) is 6.48. The Kier molecular flexibility index (Phi) is 4.83. The van der Waals surface area contributed by atoms with Crippen LogP contribution in [0.25, 0.3) is 11.3 Å². The van der Waals surface area contributed by atoms with E-state index in [1.807, 2.05) is 55.5 Å². The number of rotatable bonds is 5. The molecule has 146 valence electrons. The Morgan fingerprint density at radius 2 is 2.00 bits per heavy atom. The van der Waals surface area contributed by atoms with Gasteiger partial charge in [0.05, 0.1) is 30.9 Å². The normalized spacial score (nSPS) is 15.3. The van der Waals surface area contributed by atoms with Gasteiger partial charge in [-0.15, -0.1) is 5.10 Å². The quantitative estimate of drug-likeness (QED) is 0.690. The summed E-state index contributed by atoms with van der Waals surface area (Å²) in [5.74, 6) is 1.48. The summed E-state index contributed by atoms with van der Waals surface area (Å²) in [6, 6.07) is 17.4. The van der Waals surface area contributed by atoms with Crippen LogP contribution >= 0.6 is 0 Å². The Balaban J connectivity index is 1.88. The molecule has 0 saturated carbocycles. The van der Waals surface area contributed by atoms with Gasteiger partial charge in [-0.3, -0.25) is 5.10 Å². The summed E-state index contributed by atoms with van der Waals surface area (Å²) in [6.45, 7) is 2.50. The Morgan fingerprint density at radius 3 is 2.69 bits per heavy atom. The third-order valence-corrected chi connectivity index (χ3v) is 4.82. The Hall–Kier alpha value is -3.92. The first-order valence-corrected chi connectivity index (χ1v) is 9.19. The van der Waals surface area contributed by atoms with Gasteiger partial charge in [0, 0.05) is 5.56 Å². The molecule has 0 spiro atoms. The number of nitrogens with one attached hydrogen (secondary N) is 1. The van der Waals surface area contributed by atoms with Gasteiger partial charge in [0.15, 0.2) is 0 Å². The monoisotopic (exact) mass is 388 g/mol. The standard InChI is InChI=1S/C22H20N4O3/c1-3-28-16-6-4-5-14(11-16)20-19-18(13-7-9-15(27-2)10-8-13)17(12-23)21(24)29-22(19)26-25-20/h4-11,18H,3,24H2,1-2H3,(H,25,26). The molecule has 1 aliphatic heterocycles. The van der Waals surface area contributed by atoms with Crippen LogP contribution in [0.5, 0.6) is 17.4 Å². The molecule has 4 rings (SSSR count). The van der Waals surface area contributed by atoms with E-state index in [2.05, 4.69) is 16.3 Å². The molecule has 1 unspecified atom stereocenters. The van der Waals surface area contributed by atoms with Gasteiger partial charge in [-0.05, 0) is 36.8 Å². The lowest BCUT2D eigenvalue weighted by Crippen LogP contribution is -2.20. The van der Waals surface area contributed by atoms with Crippen LogP contribution in [0.3, 0.4) is 0 Å². The average molecular weight is 388 g/mol. The van der Waals surface area contributed by atoms with E-state index in [1.165, 1.54) is 0 Å². The van der Waals surface area contributed by atoms with Crippen LogP contribution < -0.4 is 19.9 Å². The summed E-state index contributed by atoms with van der Waals surface area (Å²) < 4.78 is 16.5. The van der Waals surface area contributed by atoms with Crippen LogP contribution in [0.1, 0.15) is 24.0 Å². The lowest BCUT2D eigenvalue weighted by molar-refractivity contribution is 0.340. The summed E-state index contributed by atoms with van der Waals surface area (Å²) in [5.41, 5.74) is 9.65. The predicted molar refractivity (Wildman–Crippen MR) is 107 cm³/mol. The van der Waals surface area contributed by atoms with Crippen molar-refractivity contribution in [3.05, 3.63) is 71.1 Å². The lowest BCUT2D eigenvalue weighted by atomic mass is 9.83. The maximum absolute atomic E-state index is 9.79. The zero-order chi connectivity index (χ0) is 20.4. The highest BCUT2D eigenvalue weighted by Gasteiger charge is 2.35. The maximum Gasteiger partial charge on any atom is 0.244 e. The molecule has 0 amide bonds. The Bertz CT molecular complexity index is 1110. The van der Waals surface area contributed by atoms with Gasteiger partial charge in [0.2, 0.25) is 11.8 Å². The second kappa shape index (κ2) is 7.60. The smallest absolute Gasteiger partial charge is 0.244 e. The zero-order valence-corrected chi connectivity index (χ0v) is 16.1. The Morgan fingerprint density at radius 1 is 1.21 bits per heavy atom. The number of aromatic nitrogens is 2. The third-order valence-electron chi connectivity index (χ3n) is 4.82. The van der Waals surface area contributed by atoms with Crippen molar-refractivity contribution in [3.8, 4) is 34.7 Å². The summed E-state index contributed by atoms with van der Waals surface area (Å²) in [5, 5.41) is 17.1. The third kappa shape index (κ3) is 3.25. The van der Waals surface area contributed by atoms with Crippen molar-refractivity contribution in [1.82, 2.24) is 10.2 Å². The number of hydrogen-bond donors (Lipinski definition) is 2. The molecule has 7 heteroatoms. The minimum Gasteiger partial charge on any atom is -0.497 e. The van der Waals surface area contributed by atoms with Crippen molar-refractivity contribution in [1.29, 1.82) is 5.26 Å². The van der Waals surface area contributed by atoms with Gasteiger partial charge in [-0.2, -0.15) is 5.26 Å². The van der Waals surface area contributed by atoms with Gasteiger partial charge in [0.25, 0.3) is 0 Å². The molecule has 1 aliphatic rings. The number of nitriles is 1. The number of methoxy groups -OCH3 is 1. The zero-order valence-electron chi connectivity index (χ0n) is 16.1. The molecule has 0 radical (unpaired) electrons. The summed E-state index contributed by atoms with van der Waals surface area (Å²) >= 11 is 0. The van der Waals surface area contributed by atoms with Crippen LogP contribution in [-0.2, 0) is 0 Å². The largest absolute Gasteiger partial charge is 0.497 e. The Labute approximate surface area is 168 Å². The van der Waals surface area contributed by atoms with E-state index in [0.717, 1.165) is 33.9 Å². The van der Waals surface area contributed by atoms with Gasteiger partial charge >= 0.3 is 0 Å². The van der Waals surface area contributed by atoms with Crippen molar-refractivity contribution < 1.29 is 14.2 Å². The van der Waals surface area contributed by atoms with Crippen molar-refractivity contribution in [2.45, 2.75) is 12.8 Å². The van der Waals surface area contributed by atoms with Crippen molar-refractivity contribution >= 4 is 0 Å². The fraction of sp³-hybridized carbons (Fsp3) is 0.182. The fourth-order valence-electron chi connectivity index (χ4n) is 3.50. The minimum atomic E-state index is -0.417. The molecule has 3 aromatic rings. The van der Waals surface area contributed by atoms with E-state index < -0.39 is 5.92 Å². The number of hydrogen-bond acceptors (Lipinski definition) is 6. The molecule has 0 saturated heterocycles. The minimum absolute atomic E-state index is 0.0573. The van der Waals surface area contributed by atoms with E-state index in [0.29, 0.717) is 18.1 Å². The molecule has 7 nitrogen and oxygen atoms in total. The highest BCUT2D eigenvalue weighted by molar-refractivity contribution is 5.71. The topological polar surface area (TPSA) is 106 Å². The molecule has 2 heterocycles. The summed E-state index contributed by atoms with van der Waals surface area (Å²) in [7, 11) is 1.61. The number of H-pyrrole nitrogens is 1. The molecular weight excluding hydrogens is 368 g/mol. The molecule has 0 fully saturated rings. The summed E-state index contributed by atoms with van der Waals surface area (Å²) in [4.78, 5) is 0. The van der Waals surface area contributed by atoms with Crippen molar-refractivity contribution in [2.24, 2.45) is 5.73 Å². The van der Waals surface area contributed by atoms with Crippen LogP contribution in [0, 0.1) is 11.3 Å². The molecule has 3 N–H and O–H groups in total. The van der Waals surface area contributed by atoms with Crippen molar-refractivity contribution in [3.63, 3.8) is 0 Å². The molecular formula is C22H20N4O3. The number of nitrogens with zero attached hydrogens (tertiary/aromatic N) is 2.